The van der Waals surface area contributed by atoms with E-state index in [4.69, 9.17) is 0 Å². The number of benzene rings is 1. The summed E-state index contributed by atoms with van der Waals surface area (Å²) in [6.07, 6.45) is 10.1. The highest BCUT2D eigenvalue weighted by atomic mass is 16.4. The lowest BCUT2D eigenvalue weighted by Crippen LogP contribution is -2.49. The highest BCUT2D eigenvalue weighted by Gasteiger charge is 2.36. The number of hydrogen-bond donors (Lipinski definition) is 1. The van der Waals surface area contributed by atoms with Gasteiger partial charge < -0.3 is 14.6 Å². The molecule has 1 aromatic carbocycles. The Morgan fingerprint density at radius 2 is 1.86 bits per heavy atom. The van der Waals surface area contributed by atoms with E-state index in [1.54, 1.807) is 0 Å². The van der Waals surface area contributed by atoms with Crippen LogP contribution < -0.4 is 0 Å². The first kappa shape index (κ1) is 19.7. The first-order chi connectivity index (χ1) is 14.1. The van der Waals surface area contributed by atoms with E-state index in [1.807, 2.05) is 36.7 Å². The van der Waals surface area contributed by atoms with Gasteiger partial charge in [-0.2, -0.15) is 0 Å². The minimum atomic E-state index is -0.947. The summed E-state index contributed by atoms with van der Waals surface area (Å²) < 4.78 is 2.12. The Hall–Kier alpha value is -2.63. The van der Waals surface area contributed by atoms with Crippen LogP contribution in [0, 0.1) is 5.92 Å². The van der Waals surface area contributed by atoms with Gasteiger partial charge in [-0.1, -0.05) is 62.4 Å². The lowest BCUT2D eigenvalue weighted by atomic mass is 9.87. The molecule has 0 spiro atoms. The van der Waals surface area contributed by atoms with Crippen molar-refractivity contribution in [1.82, 2.24) is 14.5 Å². The summed E-state index contributed by atoms with van der Waals surface area (Å²) in [5, 5.41) is 9.79. The largest absolute Gasteiger partial charge is 0.480 e. The average Bonchev–Trinajstić information content (AvgIpc) is 3.15. The van der Waals surface area contributed by atoms with Gasteiger partial charge in [-0.25, -0.2) is 9.78 Å². The third-order valence-corrected chi connectivity index (χ3v) is 6.42. The maximum atomic E-state index is 12.9. The number of aliphatic carboxylic acids is 1. The molecule has 1 aromatic heterocycles. The molecule has 2 aromatic rings. The van der Waals surface area contributed by atoms with Crippen molar-refractivity contribution < 1.29 is 14.7 Å². The predicted octanol–water partition coefficient (Wildman–Crippen LogP) is 3.43. The lowest BCUT2D eigenvalue weighted by molar-refractivity contribution is -0.151. The number of hydrogen-bond acceptors (Lipinski definition) is 3. The van der Waals surface area contributed by atoms with E-state index >= 15 is 0 Å². The van der Waals surface area contributed by atoms with Crippen molar-refractivity contribution in [3.8, 4) is 0 Å². The van der Waals surface area contributed by atoms with E-state index in [2.05, 4.69) is 9.55 Å². The molecular formula is C23H29N3O3. The number of imidazole rings is 1. The second kappa shape index (κ2) is 8.80. The van der Waals surface area contributed by atoms with Crippen LogP contribution in [-0.2, 0) is 35.5 Å². The summed E-state index contributed by atoms with van der Waals surface area (Å²) in [4.78, 5) is 30.8. The summed E-state index contributed by atoms with van der Waals surface area (Å²) >= 11 is 0. The Morgan fingerprint density at radius 1 is 1.10 bits per heavy atom. The zero-order valence-corrected chi connectivity index (χ0v) is 16.8. The first-order valence-electron chi connectivity index (χ1n) is 10.7. The van der Waals surface area contributed by atoms with Crippen LogP contribution in [0.15, 0.2) is 36.7 Å². The van der Waals surface area contributed by atoms with Gasteiger partial charge in [-0.3, -0.25) is 4.79 Å². The summed E-state index contributed by atoms with van der Waals surface area (Å²) in [6, 6.07) is 8.63. The molecule has 1 N–H and O–H groups in total. The van der Waals surface area contributed by atoms with Crippen LogP contribution in [0.2, 0.25) is 0 Å². The fourth-order valence-electron chi connectivity index (χ4n) is 4.73. The number of carboxylic acid groups (broad SMARTS) is 1. The van der Waals surface area contributed by atoms with Gasteiger partial charge in [0, 0.05) is 18.7 Å². The molecule has 4 rings (SSSR count). The van der Waals surface area contributed by atoms with Crippen LogP contribution in [-0.4, -0.2) is 37.5 Å². The van der Waals surface area contributed by atoms with Crippen LogP contribution in [0.5, 0.6) is 0 Å². The van der Waals surface area contributed by atoms with Crippen LogP contribution in [0.3, 0.4) is 0 Å². The fraction of sp³-hybridized carbons (Fsp3) is 0.522. The molecule has 29 heavy (non-hydrogen) atoms. The summed E-state index contributed by atoms with van der Waals surface area (Å²) in [7, 11) is 0. The third-order valence-electron chi connectivity index (χ3n) is 6.42. The summed E-state index contributed by atoms with van der Waals surface area (Å²) in [5.41, 5.74) is 2.72. The quantitative estimate of drug-likeness (QED) is 0.813. The van der Waals surface area contributed by atoms with Crippen molar-refractivity contribution in [2.45, 2.75) is 70.5 Å². The number of rotatable bonds is 6. The second-order valence-electron chi connectivity index (χ2n) is 8.37. The van der Waals surface area contributed by atoms with E-state index in [0.29, 0.717) is 6.42 Å². The van der Waals surface area contributed by atoms with Gasteiger partial charge in [0.15, 0.2) is 0 Å². The average molecular weight is 396 g/mol. The number of nitrogens with zero attached hydrogens (tertiary/aromatic N) is 3. The van der Waals surface area contributed by atoms with Gasteiger partial charge in [-0.15, -0.1) is 0 Å². The summed E-state index contributed by atoms with van der Waals surface area (Å²) in [6.45, 7) is 1.16. The van der Waals surface area contributed by atoms with Gasteiger partial charge in [-0.05, 0) is 17.9 Å². The second-order valence-corrected chi connectivity index (χ2v) is 8.37. The highest BCUT2D eigenvalue weighted by Crippen LogP contribution is 2.28. The van der Waals surface area contributed by atoms with Gasteiger partial charge in [0.1, 0.15) is 6.04 Å². The van der Waals surface area contributed by atoms with Gasteiger partial charge in [0.2, 0.25) is 5.91 Å². The topological polar surface area (TPSA) is 75.4 Å². The number of amides is 1. The predicted molar refractivity (Wildman–Crippen MR) is 109 cm³/mol. The number of aryl methyl sites for hydroxylation is 1. The first-order valence-corrected chi connectivity index (χ1v) is 10.7. The molecule has 154 valence electrons. The van der Waals surface area contributed by atoms with Crippen molar-refractivity contribution in [2.24, 2.45) is 5.92 Å². The number of aromatic nitrogens is 2. The Bertz CT molecular complexity index is 856. The van der Waals surface area contributed by atoms with Crippen LogP contribution in [0.4, 0.5) is 0 Å². The van der Waals surface area contributed by atoms with Crippen LogP contribution in [0.25, 0.3) is 0 Å². The molecule has 1 fully saturated rings. The monoisotopic (exact) mass is 395 g/mol. The van der Waals surface area contributed by atoms with Crippen molar-refractivity contribution in [3.05, 3.63) is 53.6 Å². The maximum absolute atomic E-state index is 12.9. The third kappa shape index (κ3) is 4.52. The van der Waals surface area contributed by atoms with E-state index in [9.17, 15) is 14.7 Å². The van der Waals surface area contributed by atoms with Crippen molar-refractivity contribution >= 4 is 11.9 Å². The molecule has 2 heterocycles. The standard InChI is InChI=1S/C23H29N3O3/c27-22(13-18-9-5-2-6-10-18)26-15-19-20(14-21(26)23(28)29)25(16-24-19)12-11-17-7-3-1-4-8-17/h2,5-6,9-10,16-17,21H,1,3-4,7-8,11-15H2,(H,28,29)/t21-/m0/s1. The number of carbonyl (C=O) groups is 2. The molecule has 6 nitrogen and oxygen atoms in total. The zero-order chi connectivity index (χ0) is 20.2. The minimum Gasteiger partial charge on any atom is -0.480 e. The molecule has 0 bridgehead atoms. The normalized spacial score (nSPS) is 19.7. The molecule has 0 saturated heterocycles. The van der Waals surface area contributed by atoms with Crippen LogP contribution in [0.1, 0.15) is 55.5 Å². The molecule has 6 heteroatoms. The van der Waals surface area contributed by atoms with E-state index in [0.717, 1.165) is 35.8 Å². The molecular weight excluding hydrogens is 366 g/mol. The zero-order valence-electron chi connectivity index (χ0n) is 16.8. The van der Waals surface area contributed by atoms with E-state index in [1.165, 1.54) is 37.0 Å². The molecule has 1 aliphatic heterocycles. The molecule has 1 amide bonds. The lowest BCUT2D eigenvalue weighted by Gasteiger charge is -2.33. The molecule has 0 radical (unpaired) electrons. The summed E-state index contributed by atoms with van der Waals surface area (Å²) in [5.74, 6) is -0.340. The number of carbonyl (C=O) groups excluding carboxylic acids is 1. The SMILES string of the molecule is O=C(O)[C@@H]1Cc2c(ncn2CCC2CCCCC2)CN1C(=O)Cc1ccccc1. The van der Waals surface area contributed by atoms with Crippen molar-refractivity contribution in [1.29, 1.82) is 0 Å². The Balaban J connectivity index is 1.46. The highest BCUT2D eigenvalue weighted by molar-refractivity contribution is 5.85. The molecule has 1 atom stereocenters. The van der Waals surface area contributed by atoms with E-state index in [-0.39, 0.29) is 18.9 Å². The molecule has 1 saturated carbocycles. The van der Waals surface area contributed by atoms with Gasteiger partial charge in [0.25, 0.3) is 0 Å². The fourth-order valence-corrected chi connectivity index (χ4v) is 4.73. The molecule has 1 aliphatic carbocycles. The molecule has 2 aliphatic rings. The van der Waals surface area contributed by atoms with Crippen molar-refractivity contribution in [2.75, 3.05) is 0 Å². The Morgan fingerprint density at radius 3 is 2.59 bits per heavy atom. The van der Waals surface area contributed by atoms with Crippen LogP contribution >= 0.6 is 0 Å². The molecule has 0 unspecified atom stereocenters. The Labute approximate surface area is 171 Å². The number of carboxylic acids is 1. The Kier molecular flexibility index (Phi) is 5.97. The minimum absolute atomic E-state index is 0.161. The maximum Gasteiger partial charge on any atom is 0.326 e. The van der Waals surface area contributed by atoms with Gasteiger partial charge >= 0.3 is 5.97 Å². The van der Waals surface area contributed by atoms with E-state index < -0.39 is 12.0 Å². The van der Waals surface area contributed by atoms with Gasteiger partial charge in [0.05, 0.1) is 25.0 Å². The number of fused-ring (bicyclic) bond motifs is 1. The van der Waals surface area contributed by atoms with Crippen molar-refractivity contribution in [3.63, 3.8) is 0 Å². The smallest absolute Gasteiger partial charge is 0.326 e.